The summed E-state index contributed by atoms with van der Waals surface area (Å²) in [6.07, 6.45) is 3.07. The summed E-state index contributed by atoms with van der Waals surface area (Å²) in [7, 11) is 0. The van der Waals surface area contributed by atoms with Crippen LogP contribution in [-0.2, 0) is 9.53 Å². The molecule has 1 saturated heterocycles. The molecule has 0 aromatic heterocycles. The molecule has 2 rings (SSSR count). The van der Waals surface area contributed by atoms with Gasteiger partial charge in [0.15, 0.2) is 6.61 Å². The molecule has 0 saturated carbocycles. The van der Waals surface area contributed by atoms with Gasteiger partial charge in [-0.3, -0.25) is 4.79 Å². The summed E-state index contributed by atoms with van der Waals surface area (Å²) in [5, 5.41) is 0.641. The summed E-state index contributed by atoms with van der Waals surface area (Å²) in [5.74, 6) is -0.815. The average molecular weight is 344 g/mol. The van der Waals surface area contributed by atoms with Gasteiger partial charge in [-0.25, -0.2) is 4.79 Å². The number of esters is 1. The van der Waals surface area contributed by atoms with E-state index in [9.17, 15) is 9.59 Å². The minimum Gasteiger partial charge on any atom is -0.452 e. The number of piperidine rings is 1. The molecule has 1 aromatic rings. The fraction of sp³-hybridized carbons (Fsp3) is 0.500. The number of carbonyl (C=O) groups excluding carboxylic acids is 2. The third kappa shape index (κ3) is 3.93. The normalized spacial score (nSPS) is 21.5. The predicted octanol–water partition coefficient (Wildman–Crippen LogP) is 3.94. The van der Waals surface area contributed by atoms with Gasteiger partial charge in [-0.05, 0) is 51.3 Å². The average Bonchev–Trinajstić information content (AvgIpc) is 2.47. The second-order valence-electron chi connectivity index (χ2n) is 5.63. The molecule has 0 N–H and O–H groups in total. The van der Waals surface area contributed by atoms with Crippen molar-refractivity contribution in [3.8, 4) is 0 Å². The Morgan fingerprint density at radius 2 is 1.86 bits per heavy atom. The van der Waals surface area contributed by atoms with Gasteiger partial charge in [0.1, 0.15) is 0 Å². The zero-order chi connectivity index (χ0) is 16.3. The minimum atomic E-state index is -0.641. The lowest BCUT2D eigenvalue weighted by atomic mass is 9.97. The van der Waals surface area contributed by atoms with Crippen LogP contribution in [0.2, 0.25) is 10.0 Å². The molecule has 0 spiro atoms. The molecular weight excluding hydrogens is 325 g/mol. The quantitative estimate of drug-likeness (QED) is 0.781. The maximum atomic E-state index is 12.3. The molecule has 4 nitrogen and oxygen atoms in total. The highest BCUT2D eigenvalue weighted by molar-refractivity contribution is 6.35. The number of halogens is 2. The molecule has 1 aliphatic rings. The lowest BCUT2D eigenvalue weighted by molar-refractivity contribution is -0.140. The second kappa shape index (κ2) is 7.34. The van der Waals surface area contributed by atoms with E-state index >= 15 is 0 Å². The molecule has 1 fully saturated rings. The highest BCUT2D eigenvalue weighted by Gasteiger charge is 2.29. The standard InChI is InChI=1S/C16H19Cl2NO3/c1-10-4-3-5-11(2)19(10)15(20)9-22-16(21)13-8-12(17)6-7-14(13)18/h6-8,10-11H,3-5,9H2,1-2H3. The molecule has 22 heavy (non-hydrogen) atoms. The topological polar surface area (TPSA) is 46.6 Å². The van der Waals surface area contributed by atoms with Crippen LogP contribution in [0.4, 0.5) is 0 Å². The lowest BCUT2D eigenvalue weighted by Gasteiger charge is -2.38. The van der Waals surface area contributed by atoms with Crippen LogP contribution in [0.1, 0.15) is 43.5 Å². The first-order chi connectivity index (χ1) is 10.4. The highest BCUT2D eigenvalue weighted by Crippen LogP contribution is 2.23. The van der Waals surface area contributed by atoms with E-state index < -0.39 is 5.97 Å². The van der Waals surface area contributed by atoms with Crippen molar-refractivity contribution < 1.29 is 14.3 Å². The molecule has 1 amide bonds. The summed E-state index contributed by atoms with van der Waals surface area (Å²) in [4.78, 5) is 26.1. The highest BCUT2D eigenvalue weighted by atomic mass is 35.5. The van der Waals surface area contributed by atoms with Crippen molar-refractivity contribution in [2.75, 3.05) is 6.61 Å². The first kappa shape index (κ1) is 17.1. The molecule has 1 heterocycles. The van der Waals surface area contributed by atoms with E-state index in [4.69, 9.17) is 27.9 Å². The van der Waals surface area contributed by atoms with Crippen LogP contribution in [-0.4, -0.2) is 35.5 Å². The zero-order valence-corrected chi connectivity index (χ0v) is 14.2. The number of ether oxygens (including phenoxy) is 1. The Kier molecular flexibility index (Phi) is 5.70. The number of amides is 1. The summed E-state index contributed by atoms with van der Waals surface area (Å²) in [6, 6.07) is 4.89. The van der Waals surface area contributed by atoms with Gasteiger partial charge in [0, 0.05) is 17.1 Å². The predicted molar refractivity (Wildman–Crippen MR) is 86.4 cm³/mol. The Balaban J connectivity index is 1.98. The van der Waals surface area contributed by atoms with Crippen molar-refractivity contribution in [1.82, 2.24) is 4.90 Å². The largest absolute Gasteiger partial charge is 0.452 e. The van der Waals surface area contributed by atoms with E-state index in [-0.39, 0.29) is 35.2 Å². The molecule has 0 radical (unpaired) electrons. The Hall–Kier alpha value is -1.26. The number of nitrogens with zero attached hydrogens (tertiary/aromatic N) is 1. The fourth-order valence-corrected chi connectivity index (χ4v) is 3.21. The fourth-order valence-electron chi connectivity index (χ4n) is 2.85. The third-order valence-electron chi connectivity index (χ3n) is 3.96. The second-order valence-corrected chi connectivity index (χ2v) is 6.47. The number of benzene rings is 1. The maximum absolute atomic E-state index is 12.3. The molecule has 1 aromatic carbocycles. The minimum absolute atomic E-state index is 0.168. The van der Waals surface area contributed by atoms with Gasteiger partial charge in [0.2, 0.25) is 0 Å². The van der Waals surface area contributed by atoms with Crippen LogP contribution in [0, 0.1) is 0 Å². The van der Waals surface area contributed by atoms with Crippen LogP contribution in [0.3, 0.4) is 0 Å². The Morgan fingerprint density at radius 3 is 2.50 bits per heavy atom. The number of hydrogen-bond donors (Lipinski definition) is 0. The Labute approximate surface area is 140 Å². The van der Waals surface area contributed by atoms with E-state index in [2.05, 4.69) is 0 Å². The van der Waals surface area contributed by atoms with Crippen LogP contribution in [0.25, 0.3) is 0 Å². The Bertz CT molecular complexity index is 567. The smallest absolute Gasteiger partial charge is 0.340 e. The number of likely N-dealkylation sites (tertiary alicyclic amines) is 1. The summed E-state index contributed by atoms with van der Waals surface area (Å²) in [5.41, 5.74) is 0.168. The molecule has 6 heteroatoms. The molecule has 120 valence electrons. The van der Waals surface area contributed by atoms with E-state index in [0.29, 0.717) is 5.02 Å². The van der Waals surface area contributed by atoms with Crippen molar-refractivity contribution in [2.45, 2.75) is 45.2 Å². The van der Waals surface area contributed by atoms with Crippen LogP contribution in [0.5, 0.6) is 0 Å². The lowest BCUT2D eigenvalue weighted by Crippen LogP contribution is -2.49. The van der Waals surface area contributed by atoms with Crippen LogP contribution >= 0.6 is 23.2 Å². The SMILES string of the molecule is CC1CCCC(C)N1C(=O)COC(=O)c1cc(Cl)ccc1Cl. The van der Waals surface area contributed by atoms with Crippen molar-refractivity contribution in [2.24, 2.45) is 0 Å². The summed E-state index contributed by atoms with van der Waals surface area (Å²) < 4.78 is 5.10. The van der Waals surface area contributed by atoms with Gasteiger partial charge in [-0.2, -0.15) is 0 Å². The summed E-state index contributed by atoms with van der Waals surface area (Å²) >= 11 is 11.8. The van der Waals surface area contributed by atoms with Crippen molar-refractivity contribution in [3.63, 3.8) is 0 Å². The van der Waals surface area contributed by atoms with Gasteiger partial charge in [0.25, 0.3) is 5.91 Å². The van der Waals surface area contributed by atoms with Gasteiger partial charge >= 0.3 is 5.97 Å². The maximum Gasteiger partial charge on any atom is 0.340 e. The summed E-state index contributed by atoms with van der Waals surface area (Å²) in [6.45, 7) is 3.75. The Morgan fingerprint density at radius 1 is 1.23 bits per heavy atom. The van der Waals surface area contributed by atoms with Gasteiger partial charge in [-0.15, -0.1) is 0 Å². The van der Waals surface area contributed by atoms with Gasteiger partial charge < -0.3 is 9.64 Å². The first-order valence-corrected chi connectivity index (χ1v) is 8.09. The number of carbonyl (C=O) groups is 2. The van der Waals surface area contributed by atoms with Crippen molar-refractivity contribution in [3.05, 3.63) is 33.8 Å². The molecule has 2 atom stereocenters. The number of hydrogen-bond acceptors (Lipinski definition) is 3. The molecule has 1 aliphatic heterocycles. The van der Waals surface area contributed by atoms with E-state index in [1.807, 2.05) is 13.8 Å². The van der Waals surface area contributed by atoms with Crippen LogP contribution in [0.15, 0.2) is 18.2 Å². The third-order valence-corrected chi connectivity index (χ3v) is 4.52. The van der Waals surface area contributed by atoms with Gasteiger partial charge in [-0.1, -0.05) is 23.2 Å². The van der Waals surface area contributed by atoms with E-state index in [1.54, 1.807) is 11.0 Å². The van der Waals surface area contributed by atoms with Crippen molar-refractivity contribution >= 4 is 35.1 Å². The van der Waals surface area contributed by atoms with Crippen LogP contribution < -0.4 is 0 Å². The number of rotatable bonds is 3. The molecule has 2 unspecified atom stereocenters. The van der Waals surface area contributed by atoms with Crippen molar-refractivity contribution in [1.29, 1.82) is 0 Å². The van der Waals surface area contributed by atoms with Gasteiger partial charge in [0.05, 0.1) is 10.6 Å². The van der Waals surface area contributed by atoms with E-state index in [1.165, 1.54) is 12.1 Å². The first-order valence-electron chi connectivity index (χ1n) is 7.33. The zero-order valence-electron chi connectivity index (χ0n) is 12.6. The molecule has 0 aliphatic carbocycles. The molecule has 0 bridgehead atoms. The molecular formula is C16H19Cl2NO3. The van der Waals surface area contributed by atoms with E-state index in [0.717, 1.165) is 19.3 Å². The monoisotopic (exact) mass is 343 g/mol.